The zero-order valence-corrected chi connectivity index (χ0v) is 12.6. The Hall–Kier alpha value is -1.84. The maximum Gasteiger partial charge on any atom is 0.511 e. The maximum atomic E-state index is 12.0. The summed E-state index contributed by atoms with van der Waals surface area (Å²) in [5, 5.41) is 8.90. The molecule has 0 radical (unpaired) electrons. The molecule has 0 saturated heterocycles. The number of esters is 1. The number of sulfonamides is 1. The molecule has 122 valence electrons. The van der Waals surface area contributed by atoms with Crippen molar-refractivity contribution in [2.24, 2.45) is 0 Å². The number of thiophene rings is 1. The van der Waals surface area contributed by atoms with E-state index in [1.54, 1.807) is 6.07 Å². The van der Waals surface area contributed by atoms with E-state index in [1.807, 2.05) is 0 Å². The normalized spacial score (nSPS) is 11.8. The molecular formula is C10H9F3N2O5S2. The van der Waals surface area contributed by atoms with Crippen molar-refractivity contribution in [3.8, 4) is 11.1 Å². The summed E-state index contributed by atoms with van der Waals surface area (Å²) >= 11 is 0.783. The van der Waals surface area contributed by atoms with Crippen molar-refractivity contribution in [1.82, 2.24) is 4.72 Å². The lowest BCUT2D eigenvalue weighted by Gasteiger charge is -2.09. The lowest BCUT2D eigenvalue weighted by Crippen LogP contribution is -2.38. The molecule has 0 unspecified atom stereocenters. The van der Waals surface area contributed by atoms with E-state index in [2.05, 4.69) is 4.74 Å². The minimum Gasteiger partial charge on any atom is -0.483 e. The average Bonchev–Trinajstić information content (AvgIpc) is 2.84. The number of carbonyl (C=O) groups is 1. The highest BCUT2D eigenvalue weighted by atomic mass is 32.2. The van der Waals surface area contributed by atoms with Crippen molar-refractivity contribution >= 4 is 27.3 Å². The van der Waals surface area contributed by atoms with Crippen LogP contribution >= 0.6 is 11.3 Å². The fourth-order valence-electron chi connectivity index (χ4n) is 1.19. The fraction of sp³-hybridized carbons (Fsp3) is 0.400. The number of nitrogens with zero attached hydrogens (tertiary/aromatic N) is 1. The van der Waals surface area contributed by atoms with Gasteiger partial charge in [0.1, 0.15) is 17.6 Å². The first-order chi connectivity index (χ1) is 10.1. The Labute approximate surface area is 127 Å². The zero-order valence-electron chi connectivity index (χ0n) is 10.9. The van der Waals surface area contributed by atoms with Gasteiger partial charge >= 0.3 is 21.5 Å². The summed E-state index contributed by atoms with van der Waals surface area (Å²) in [5.74, 6) is -0.763. The second-order valence-electron chi connectivity index (χ2n) is 3.60. The summed E-state index contributed by atoms with van der Waals surface area (Å²) in [6, 6.07) is 2.93. The van der Waals surface area contributed by atoms with E-state index in [9.17, 15) is 26.4 Å². The zero-order chi connectivity index (χ0) is 17.0. The van der Waals surface area contributed by atoms with Crippen LogP contribution in [0, 0.1) is 11.3 Å². The molecular weight excluding hydrogens is 349 g/mol. The highest BCUT2D eigenvalue weighted by Gasteiger charge is 2.45. The quantitative estimate of drug-likeness (QED) is 0.606. The van der Waals surface area contributed by atoms with Gasteiger partial charge in [0.15, 0.2) is 5.06 Å². The standard InChI is InChI=1S/C10H9F3N2O5S2/c1-19-9(16)6-4-8(21-7(6)5-14)20-3-2-15-22(17,18)10(11,12)13/h4,15H,2-3H2,1H3. The van der Waals surface area contributed by atoms with Gasteiger partial charge in [-0.15, -0.1) is 0 Å². The molecule has 22 heavy (non-hydrogen) atoms. The Morgan fingerprint density at radius 2 is 2.14 bits per heavy atom. The molecule has 0 atom stereocenters. The number of nitriles is 1. The second-order valence-corrected chi connectivity index (χ2v) is 6.38. The summed E-state index contributed by atoms with van der Waals surface area (Å²) in [4.78, 5) is 11.4. The van der Waals surface area contributed by atoms with E-state index in [-0.39, 0.29) is 15.5 Å². The van der Waals surface area contributed by atoms with Crippen LogP contribution in [0.25, 0.3) is 0 Å². The Morgan fingerprint density at radius 3 is 2.64 bits per heavy atom. The van der Waals surface area contributed by atoms with Crippen molar-refractivity contribution < 1.29 is 35.9 Å². The van der Waals surface area contributed by atoms with Crippen molar-refractivity contribution in [2.75, 3.05) is 20.3 Å². The van der Waals surface area contributed by atoms with Crippen LogP contribution in [0.15, 0.2) is 6.07 Å². The molecule has 0 fully saturated rings. The van der Waals surface area contributed by atoms with Gasteiger partial charge in [0, 0.05) is 12.6 Å². The third-order valence-corrected chi connectivity index (χ3v) is 4.31. The van der Waals surface area contributed by atoms with Crippen molar-refractivity contribution in [3.05, 3.63) is 16.5 Å². The Morgan fingerprint density at radius 1 is 1.50 bits per heavy atom. The van der Waals surface area contributed by atoms with Crippen LogP contribution in [0.4, 0.5) is 13.2 Å². The highest BCUT2D eigenvalue weighted by Crippen LogP contribution is 2.29. The SMILES string of the molecule is COC(=O)c1cc(OCCNS(=O)(=O)C(F)(F)F)sc1C#N. The second kappa shape index (κ2) is 6.95. The summed E-state index contributed by atoms with van der Waals surface area (Å²) in [6.45, 7) is -1.05. The third kappa shape index (κ3) is 4.33. The van der Waals surface area contributed by atoms with E-state index in [4.69, 9.17) is 10.00 Å². The molecule has 12 heteroatoms. The predicted octanol–water partition coefficient (Wildman–Crippen LogP) is 1.22. The first kappa shape index (κ1) is 18.2. The van der Waals surface area contributed by atoms with Gasteiger partial charge in [-0.05, 0) is 0 Å². The van der Waals surface area contributed by atoms with Gasteiger partial charge in [-0.3, -0.25) is 0 Å². The largest absolute Gasteiger partial charge is 0.511 e. The third-order valence-electron chi connectivity index (χ3n) is 2.16. The lowest BCUT2D eigenvalue weighted by molar-refractivity contribution is -0.0448. The monoisotopic (exact) mass is 358 g/mol. The number of halogens is 3. The maximum absolute atomic E-state index is 12.0. The number of nitrogens with one attached hydrogen (secondary N) is 1. The minimum absolute atomic E-state index is 0.0118. The molecule has 1 heterocycles. The van der Waals surface area contributed by atoms with Gasteiger partial charge in [0.05, 0.1) is 12.7 Å². The van der Waals surface area contributed by atoms with Gasteiger partial charge < -0.3 is 9.47 Å². The number of ether oxygens (including phenoxy) is 2. The van der Waals surface area contributed by atoms with Crippen LogP contribution in [-0.2, 0) is 14.8 Å². The van der Waals surface area contributed by atoms with Crippen LogP contribution in [0.5, 0.6) is 5.06 Å². The number of hydrogen-bond acceptors (Lipinski definition) is 7. The Balaban J connectivity index is 2.62. The van der Waals surface area contributed by atoms with E-state index < -0.39 is 34.7 Å². The van der Waals surface area contributed by atoms with Gasteiger partial charge in [-0.1, -0.05) is 11.3 Å². The molecule has 0 spiro atoms. The lowest BCUT2D eigenvalue weighted by atomic mass is 10.3. The molecule has 0 amide bonds. The topological polar surface area (TPSA) is 105 Å². The molecule has 1 rings (SSSR count). The van der Waals surface area contributed by atoms with E-state index in [0.717, 1.165) is 18.4 Å². The number of alkyl halides is 3. The van der Waals surface area contributed by atoms with Gasteiger partial charge in [0.2, 0.25) is 0 Å². The molecule has 1 aromatic heterocycles. The first-order valence-electron chi connectivity index (χ1n) is 5.43. The molecule has 7 nitrogen and oxygen atoms in total. The molecule has 0 aliphatic heterocycles. The van der Waals surface area contributed by atoms with Crippen LogP contribution < -0.4 is 9.46 Å². The molecule has 0 saturated carbocycles. The van der Waals surface area contributed by atoms with E-state index in [0.29, 0.717) is 0 Å². The van der Waals surface area contributed by atoms with Crippen LogP contribution in [0.1, 0.15) is 15.2 Å². The number of hydrogen-bond donors (Lipinski definition) is 1. The average molecular weight is 358 g/mol. The minimum atomic E-state index is -5.43. The summed E-state index contributed by atoms with van der Waals surface area (Å²) in [7, 11) is -4.31. The molecule has 0 aliphatic carbocycles. The molecule has 1 aromatic rings. The summed E-state index contributed by atoms with van der Waals surface area (Å²) < 4.78 is 68.3. The summed E-state index contributed by atoms with van der Waals surface area (Å²) in [5.41, 5.74) is -5.44. The molecule has 1 N–H and O–H groups in total. The van der Waals surface area contributed by atoms with Crippen LogP contribution in [0.2, 0.25) is 0 Å². The molecule has 0 aromatic carbocycles. The highest BCUT2D eigenvalue weighted by molar-refractivity contribution is 7.90. The predicted molar refractivity (Wildman–Crippen MR) is 68.8 cm³/mol. The number of rotatable bonds is 6. The fourth-order valence-corrected chi connectivity index (χ4v) is 2.53. The number of methoxy groups -OCH3 is 1. The van der Waals surface area contributed by atoms with Crippen molar-refractivity contribution in [3.63, 3.8) is 0 Å². The Kier molecular flexibility index (Phi) is 5.75. The molecule has 0 aliphatic rings. The van der Waals surface area contributed by atoms with Gasteiger partial charge in [-0.25, -0.2) is 17.9 Å². The Bertz CT molecular complexity index is 690. The van der Waals surface area contributed by atoms with Crippen LogP contribution in [0.3, 0.4) is 0 Å². The van der Waals surface area contributed by atoms with E-state index in [1.165, 1.54) is 10.8 Å². The van der Waals surface area contributed by atoms with Crippen molar-refractivity contribution in [1.29, 1.82) is 5.26 Å². The van der Waals surface area contributed by atoms with Gasteiger partial charge in [0.25, 0.3) is 0 Å². The van der Waals surface area contributed by atoms with Crippen LogP contribution in [-0.4, -0.2) is 40.2 Å². The smallest absolute Gasteiger partial charge is 0.483 e. The first-order valence-corrected chi connectivity index (χ1v) is 7.73. The summed E-state index contributed by atoms with van der Waals surface area (Å²) in [6.07, 6.45) is 0. The van der Waals surface area contributed by atoms with Crippen molar-refractivity contribution in [2.45, 2.75) is 5.51 Å². The number of carbonyl (C=O) groups excluding carboxylic acids is 1. The molecule has 0 bridgehead atoms. The van der Waals surface area contributed by atoms with E-state index >= 15 is 0 Å². The van der Waals surface area contributed by atoms with Gasteiger partial charge in [-0.2, -0.15) is 18.4 Å².